The molecule has 17 heavy (non-hydrogen) atoms. The Bertz CT molecular complexity index is 461. The third-order valence-corrected chi connectivity index (χ3v) is 4.77. The average Bonchev–Trinajstić information content (AvgIpc) is 3.03. The predicted octanol–water partition coefficient (Wildman–Crippen LogP) is 1.17. The van der Waals surface area contributed by atoms with Gasteiger partial charge in [-0.15, -0.1) is 0 Å². The van der Waals surface area contributed by atoms with Gasteiger partial charge in [0.2, 0.25) is 0 Å². The van der Waals surface area contributed by atoms with Crippen molar-refractivity contribution in [3.05, 3.63) is 24.0 Å². The Morgan fingerprint density at radius 1 is 1.47 bits per heavy atom. The van der Waals surface area contributed by atoms with Crippen molar-refractivity contribution in [1.82, 2.24) is 9.88 Å². The zero-order valence-electron chi connectivity index (χ0n) is 10.2. The zero-order valence-corrected chi connectivity index (χ0v) is 11.0. The Kier molecular flexibility index (Phi) is 3.89. The number of sulfone groups is 1. The fourth-order valence-electron chi connectivity index (χ4n) is 1.67. The molecule has 0 spiro atoms. The Morgan fingerprint density at radius 2 is 2.24 bits per heavy atom. The highest BCUT2D eigenvalue weighted by Gasteiger charge is 2.19. The summed E-state index contributed by atoms with van der Waals surface area (Å²) in [6.45, 7) is 3.13. The molecule has 1 N–H and O–H groups in total. The Hall–Kier alpha value is -0.810. The molecule has 0 aromatic carbocycles. The van der Waals surface area contributed by atoms with Gasteiger partial charge in [-0.25, -0.2) is 8.42 Å². The van der Waals surface area contributed by atoms with E-state index in [4.69, 9.17) is 0 Å². The highest BCUT2D eigenvalue weighted by Crippen LogP contribution is 2.19. The summed E-state index contributed by atoms with van der Waals surface area (Å²) in [4.78, 5) is 0. The number of rotatable bonds is 7. The van der Waals surface area contributed by atoms with Crippen LogP contribution in [0.25, 0.3) is 0 Å². The first-order valence-corrected chi connectivity index (χ1v) is 7.99. The van der Waals surface area contributed by atoms with Crippen LogP contribution in [0.15, 0.2) is 18.5 Å². The van der Waals surface area contributed by atoms with E-state index in [1.165, 1.54) is 18.4 Å². The van der Waals surface area contributed by atoms with Gasteiger partial charge in [-0.05, 0) is 24.5 Å². The Morgan fingerprint density at radius 3 is 2.88 bits per heavy atom. The van der Waals surface area contributed by atoms with Crippen molar-refractivity contribution < 1.29 is 8.42 Å². The van der Waals surface area contributed by atoms with Gasteiger partial charge in [-0.2, -0.15) is 0 Å². The summed E-state index contributed by atoms with van der Waals surface area (Å²) in [7, 11) is -2.86. The Labute approximate surface area is 103 Å². The van der Waals surface area contributed by atoms with Gasteiger partial charge in [0.25, 0.3) is 0 Å². The van der Waals surface area contributed by atoms with Crippen LogP contribution in [0.1, 0.15) is 25.3 Å². The first-order valence-electron chi connectivity index (χ1n) is 6.17. The molecule has 4 nitrogen and oxygen atoms in total. The molecule has 0 amide bonds. The molecule has 0 aliphatic heterocycles. The van der Waals surface area contributed by atoms with Crippen LogP contribution < -0.4 is 5.32 Å². The van der Waals surface area contributed by atoms with E-state index in [0.29, 0.717) is 12.6 Å². The molecule has 5 heteroatoms. The molecule has 1 aromatic rings. The number of hydrogen-bond acceptors (Lipinski definition) is 3. The fourth-order valence-corrected chi connectivity index (χ4v) is 2.45. The van der Waals surface area contributed by atoms with E-state index in [1.54, 1.807) is 6.92 Å². The van der Waals surface area contributed by atoms with E-state index in [1.807, 2.05) is 23.0 Å². The second-order valence-electron chi connectivity index (χ2n) is 4.65. The summed E-state index contributed by atoms with van der Waals surface area (Å²) in [6.07, 6.45) is 6.56. The van der Waals surface area contributed by atoms with Gasteiger partial charge in [0.05, 0.1) is 5.75 Å². The molecule has 1 aromatic heterocycles. The molecule has 1 fully saturated rings. The maximum atomic E-state index is 11.4. The first kappa shape index (κ1) is 12.6. The van der Waals surface area contributed by atoms with Crippen molar-refractivity contribution in [2.75, 3.05) is 11.5 Å². The maximum Gasteiger partial charge on any atom is 0.151 e. The number of aryl methyl sites for hydroxylation is 1. The van der Waals surface area contributed by atoms with E-state index in [2.05, 4.69) is 5.32 Å². The van der Waals surface area contributed by atoms with Crippen LogP contribution in [0.4, 0.5) is 0 Å². The van der Waals surface area contributed by atoms with Crippen LogP contribution in [0.3, 0.4) is 0 Å². The van der Waals surface area contributed by atoms with Gasteiger partial charge < -0.3 is 9.88 Å². The van der Waals surface area contributed by atoms with E-state index in [-0.39, 0.29) is 11.5 Å². The van der Waals surface area contributed by atoms with Gasteiger partial charge in [-0.3, -0.25) is 0 Å². The topological polar surface area (TPSA) is 51.1 Å². The lowest BCUT2D eigenvalue weighted by Gasteiger charge is -2.03. The smallest absolute Gasteiger partial charge is 0.151 e. The third kappa shape index (κ3) is 4.16. The summed E-state index contributed by atoms with van der Waals surface area (Å²) >= 11 is 0. The van der Waals surface area contributed by atoms with Crippen molar-refractivity contribution in [3.8, 4) is 0 Å². The number of nitrogens with zero attached hydrogens (tertiary/aromatic N) is 1. The molecule has 96 valence electrons. The monoisotopic (exact) mass is 256 g/mol. The first-order chi connectivity index (χ1) is 8.09. The van der Waals surface area contributed by atoms with E-state index in [0.717, 1.165) is 6.54 Å². The molecule has 0 radical (unpaired) electrons. The largest absolute Gasteiger partial charge is 0.353 e. The molecule has 0 bridgehead atoms. The minimum absolute atomic E-state index is 0.227. The number of aromatic nitrogens is 1. The van der Waals surface area contributed by atoms with E-state index < -0.39 is 9.84 Å². The number of hydrogen-bond donors (Lipinski definition) is 1. The normalized spacial score (nSPS) is 16.3. The highest BCUT2D eigenvalue weighted by molar-refractivity contribution is 7.91. The Balaban J connectivity index is 1.80. The van der Waals surface area contributed by atoms with Gasteiger partial charge in [-0.1, -0.05) is 6.92 Å². The third-order valence-electron chi connectivity index (χ3n) is 3.08. The lowest BCUT2D eigenvalue weighted by Crippen LogP contribution is -2.15. The zero-order chi connectivity index (χ0) is 12.3. The SMILES string of the molecule is CCS(=O)(=O)CCn1ccc(CNC2CC2)c1. The van der Waals surface area contributed by atoms with Gasteiger partial charge in [0.1, 0.15) is 0 Å². The van der Waals surface area contributed by atoms with Crippen molar-refractivity contribution >= 4 is 9.84 Å². The molecule has 1 saturated carbocycles. The van der Waals surface area contributed by atoms with Crippen molar-refractivity contribution in [1.29, 1.82) is 0 Å². The maximum absolute atomic E-state index is 11.4. The van der Waals surface area contributed by atoms with Gasteiger partial charge in [0, 0.05) is 37.3 Å². The predicted molar refractivity (Wildman–Crippen MR) is 68.6 cm³/mol. The minimum Gasteiger partial charge on any atom is -0.353 e. The van der Waals surface area contributed by atoms with Crippen molar-refractivity contribution in [2.24, 2.45) is 0 Å². The summed E-state index contributed by atoms with van der Waals surface area (Å²) in [5.41, 5.74) is 1.23. The summed E-state index contributed by atoms with van der Waals surface area (Å²) < 4.78 is 24.7. The number of nitrogens with one attached hydrogen (secondary N) is 1. The van der Waals surface area contributed by atoms with Crippen LogP contribution >= 0.6 is 0 Å². The average molecular weight is 256 g/mol. The lowest BCUT2D eigenvalue weighted by molar-refractivity contribution is 0.590. The van der Waals surface area contributed by atoms with Crippen molar-refractivity contribution in [3.63, 3.8) is 0 Å². The fraction of sp³-hybridized carbons (Fsp3) is 0.667. The quantitative estimate of drug-likeness (QED) is 0.797. The van der Waals surface area contributed by atoms with Crippen molar-refractivity contribution in [2.45, 2.75) is 38.9 Å². The molecular weight excluding hydrogens is 236 g/mol. The van der Waals surface area contributed by atoms with Crippen LogP contribution in [-0.2, 0) is 22.9 Å². The summed E-state index contributed by atoms with van der Waals surface area (Å²) in [5, 5.41) is 3.44. The highest BCUT2D eigenvalue weighted by atomic mass is 32.2. The molecule has 1 heterocycles. The van der Waals surface area contributed by atoms with E-state index >= 15 is 0 Å². The molecule has 1 aliphatic carbocycles. The standard InChI is InChI=1S/C12H20N2O2S/c1-2-17(15,16)8-7-14-6-5-11(10-14)9-13-12-3-4-12/h5-6,10,12-13H,2-4,7-9H2,1H3. The summed E-state index contributed by atoms with van der Waals surface area (Å²) in [5.74, 6) is 0.456. The molecule has 0 atom stereocenters. The lowest BCUT2D eigenvalue weighted by atomic mass is 10.3. The molecular formula is C12H20N2O2S. The second kappa shape index (κ2) is 5.23. The van der Waals surface area contributed by atoms with Crippen LogP contribution in [0, 0.1) is 0 Å². The molecule has 0 saturated heterocycles. The van der Waals surface area contributed by atoms with Crippen LogP contribution in [0.5, 0.6) is 0 Å². The summed E-state index contributed by atoms with van der Waals surface area (Å²) in [6, 6.07) is 2.76. The second-order valence-corrected chi connectivity index (χ2v) is 7.12. The molecule has 0 unspecified atom stereocenters. The van der Waals surface area contributed by atoms with E-state index in [9.17, 15) is 8.42 Å². The van der Waals surface area contributed by atoms with Gasteiger partial charge >= 0.3 is 0 Å². The minimum atomic E-state index is -2.86. The van der Waals surface area contributed by atoms with Gasteiger partial charge in [0.15, 0.2) is 9.84 Å². The molecule has 2 rings (SSSR count). The van der Waals surface area contributed by atoms with Crippen LogP contribution in [-0.4, -0.2) is 30.5 Å². The van der Waals surface area contributed by atoms with Crippen LogP contribution in [0.2, 0.25) is 0 Å². The molecule has 1 aliphatic rings.